The van der Waals surface area contributed by atoms with Crippen LogP contribution in [0.25, 0.3) is 0 Å². The minimum absolute atomic E-state index is 0.629. The van der Waals surface area contributed by atoms with E-state index < -0.39 is 0 Å². The maximum Gasteiger partial charge on any atom is 0.162 e. The smallest absolute Gasteiger partial charge is 0.162 e. The Labute approximate surface area is 177 Å². The van der Waals surface area contributed by atoms with Crippen LogP contribution in [0.15, 0.2) is 66.7 Å². The van der Waals surface area contributed by atoms with Crippen molar-refractivity contribution in [1.29, 1.82) is 0 Å². The third-order valence-electron chi connectivity index (χ3n) is 4.62. The first-order valence-electron chi connectivity index (χ1n) is 9.56. The van der Waals surface area contributed by atoms with Crippen LogP contribution in [-0.2, 0) is 19.5 Å². The molecule has 0 aliphatic rings. The zero-order valence-corrected chi connectivity index (χ0v) is 17.5. The van der Waals surface area contributed by atoms with Gasteiger partial charge in [-0.05, 0) is 34.9 Å². The summed E-state index contributed by atoms with van der Waals surface area (Å²) in [6.45, 7) is 2.03. The van der Waals surface area contributed by atoms with Crippen LogP contribution in [0.1, 0.15) is 16.7 Å². The lowest BCUT2D eigenvalue weighted by molar-refractivity contribution is 0.322. The summed E-state index contributed by atoms with van der Waals surface area (Å²) in [7, 11) is 3.22. The molecule has 4 nitrogen and oxygen atoms in total. The van der Waals surface area contributed by atoms with E-state index in [1.54, 1.807) is 20.3 Å². The van der Waals surface area contributed by atoms with E-state index in [0.29, 0.717) is 29.7 Å². The van der Waals surface area contributed by atoms with E-state index in [2.05, 4.69) is 29.6 Å². The molecule has 0 unspecified atom stereocenters. The summed E-state index contributed by atoms with van der Waals surface area (Å²) in [6.07, 6.45) is 0.899. The second kappa shape index (κ2) is 10.7. The highest BCUT2D eigenvalue weighted by Gasteiger charge is 2.09. The molecule has 0 saturated heterocycles. The predicted octanol–water partition coefficient (Wildman–Crippen LogP) is 5.27. The summed E-state index contributed by atoms with van der Waals surface area (Å²) >= 11 is 6.34. The summed E-state index contributed by atoms with van der Waals surface area (Å²) in [5.41, 5.74) is 3.42. The SMILES string of the molecule is COc1cc(Cl)c(CNCc2ccc(OCCc3ccccc3)cc2)cc1OC. The fourth-order valence-electron chi connectivity index (χ4n) is 3.01. The summed E-state index contributed by atoms with van der Waals surface area (Å²) < 4.78 is 16.5. The number of methoxy groups -OCH3 is 2. The van der Waals surface area contributed by atoms with Crippen molar-refractivity contribution >= 4 is 11.6 Å². The van der Waals surface area contributed by atoms with Gasteiger partial charge in [0.1, 0.15) is 5.75 Å². The molecule has 29 heavy (non-hydrogen) atoms. The van der Waals surface area contributed by atoms with Crippen LogP contribution in [0.4, 0.5) is 0 Å². The molecule has 0 radical (unpaired) electrons. The molecule has 0 aliphatic heterocycles. The molecule has 152 valence electrons. The Balaban J connectivity index is 1.47. The molecule has 0 heterocycles. The first-order chi connectivity index (χ1) is 14.2. The molecule has 1 N–H and O–H groups in total. The van der Waals surface area contributed by atoms with Crippen molar-refractivity contribution in [3.05, 3.63) is 88.4 Å². The fraction of sp³-hybridized carbons (Fsp3) is 0.250. The molecule has 0 saturated carbocycles. The van der Waals surface area contributed by atoms with Crippen molar-refractivity contribution in [2.75, 3.05) is 20.8 Å². The zero-order valence-electron chi connectivity index (χ0n) is 16.8. The van der Waals surface area contributed by atoms with Gasteiger partial charge in [0, 0.05) is 30.6 Å². The Hall–Kier alpha value is -2.69. The molecule has 5 heteroatoms. The maximum atomic E-state index is 6.34. The highest BCUT2D eigenvalue weighted by Crippen LogP contribution is 2.33. The first kappa shape index (κ1) is 21.0. The molecule has 0 spiro atoms. The van der Waals surface area contributed by atoms with Gasteiger partial charge in [-0.1, -0.05) is 54.1 Å². The second-order valence-corrected chi connectivity index (χ2v) is 7.04. The molecule has 0 bridgehead atoms. The van der Waals surface area contributed by atoms with Crippen LogP contribution in [0.5, 0.6) is 17.2 Å². The third kappa shape index (κ3) is 6.14. The van der Waals surface area contributed by atoms with Gasteiger partial charge in [-0.3, -0.25) is 0 Å². The molecule has 0 aliphatic carbocycles. The number of benzene rings is 3. The van der Waals surface area contributed by atoms with Crippen LogP contribution in [0.2, 0.25) is 5.02 Å². The largest absolute Gasteiger partial charge is 0.493 e. The minimum Gasteiger partial charge on any atom is -0.493 e. The topological polar surface area (TPSA) is 39.7 Å². The fourth-order valence-corrected chi connectivity index (χ4v) is 3.23. The van der Waals surface area contributed by atoms with Gasteiger partial charge in [0.15, 0.2) is 11.5 Å². The van der Waals surface area contributed by atoms with Gasteiger partial charge in [-0.2, -0.15) is 0 Å². The minimum atomic E-state index is 0.629. The summed E-state index contributed by atoms with van der Waals surface area (Å²) in [4.78, 5) is 0. The lowest BCUT2D eigenvalue weighted by Gasteiger charge is -2.12. The first-order valence-corrected chi connectivity index (χ1v) is 9.94. The van der Waals surface area contributed by atoms with Crippen molar-refractivity contribution in [3.8, 4) is 17.2 Å². The van der Waals surface area contributed by atoms with Gasteiger partial charge in [-0.15, -0.1) is 0 Å². The van der Waals surface area contributed by atoms with Crippen molar-refractivity contribution in [3.63, 3.8) is 0 Å². The monoisotopic (exact) mass is 411 g/mol. The summed E-state index contributed by atoms with van der Waals surface area (Å²) in [5, 5.41) is 4.06. The van der Waals surface area contributed by atoms with Crippen molar-refractivity contribution in [2.45, 2.75) is 19.5 Å². The Morgan fingerprint density at radius 2 is 1.48 bits per heavy atom. The average Bonchev–Trinajstić information content (AvgIpc) is 2.76. The lowest BCUT2D eigenvalue weighted by atomic mass is 10.1. The molecular weight excluding hydrogens is 386 g/mol. The Bertz CT molecular complexity index is 898. The Morgan fingerprint density at radius 1 is 0.793 bits per heavy atom. The van der Waals surface area contributed by atoms with E-state index >= 15 is 0 Å². The van der Waals surface area contributed by atoms with Crippen LogP contribution >= 0.6 is 11.6 Å². The van der Waals surface area contributed by atoms with E-state index in [4.69, 9.17) is 25.8 Å². The second-order valence-electron chi connectivity index (χ2n) is 6.63. The number of ether oxygens (including phenoxy) is 3. The number of hydrogen-bond donors (Lipinski definition) is 1. The Morgan fingerprint density at radius 3 is 2.17 bits per heavy atom. The van der Waals surface area contributed by atoms with Gasteiger partial charge >= 0.3 is 0 Å². The highest BCUT2D eigenvalue weighted by atomic mass is 35.5. The summed E-state index contributed by atoms with van der Waals surface area (Å²) in [6, 6.07) is 22.2. The van der Waals surface area contributed by atoms with Crippen molar-refractivity contribution in [1.82, 2.24) is 5.32 Å². The van der Waals surface area contributed by atoms with Gasteiger partial charge in [0.25, 0.3) is 0 Å². The van der Waals surface area contributed by atoms with E-state index in [1.807, 2.05) is 36.4 Å². The molecule has 3 aromatic rings. The Kier molecular flexibility index (Phi) is 7.79. The summed E-state index contributed by atoms with van der Waals surface area (Å²) in [5.74, 6) is 2.18. The van der Waals surface area contributed by atoms with Gasteiger partial charge in [0.05, 0.1) is 20.8 Å². The van der Waals surface area contributed by atoms with Crippen LogP contribution in [0, 0.1) is 0 Å². The average molecular weight is 412 g/mol. The van der Waals surface area contributed by atoms with Crippen molar-refractivity contribution in [2.24, 2.45) is 0 Å². The highest BCUT2D eigenvalue weighted by molar-refractivity contribution is 6.31. The van der Waals surface area contributed by atoms with Crippen LogP contribution in [0.3, 0.4) is 0 Å². The lowest BCUT2D eigenvalue weighted by Crippen LogP contribution is -2.13. The number of halogens is 1. The third-order valence-corrected chi connectivity index (χ3v) is 4.97. The molecule has 0 amide bonds. The van der Waals surface area contributed by atoms with E-state index in [0.717, 1.165) is 24.3 Å². The molecule has 0 fully saturated rings. The van der Waals surface area contributed by atoms with Crippen molar-refractivity contribution < 1.29 is 14.2 Å². The maximum absolute atomic E-state index is 6.34. The molecule has 0 atom stereocenters. The molecular formula is C24H26ClNO3. The predicted molar refractivity (Wildman–Crippen MR) is 117 cm³/mol. The van der Waals surface area contributed by atoms with Crippen LogP contribution < -0.4 is 19.5 Å². The van der Waals surface area contributed by atoms with Gasteiger partial charge in [0.2, 0.25) is 0 Å². The zero-order chi connectivity index (χ0) is 20.5. The normalized spacial score (nSPS) is 10.6. The molecule has 3 rings (SSSR count). The van der Waals surface area contributed by atoms with Gasteiger partial charge < -0.3 is 19.5 Å². The van der Waals surface area contributed by atoms with Crippen LogP contribution in [-0.4, -0.2) is 20.8 Å². The standard InChI is InChI=1S/C24H26ClNO3/c1-27-23-14-20(22(25)15-24(23)28-2)17-26-16-19-8-10-21(11-9-19)29-13-12-18-6-4-3-5-7-18/h3-11,14-15,26H,12-13,16-17H2,1-2H3. The number of hydrogen-bond acceptors (Lipinski definition) is 4. The van der Waals surface area contributed by atoms with E-state index in [-0.39, 0.29) is 0 Å². The van der Waals surface area contributed by atoms with E-state index in [9.17, 15) is 0 Å². The number of rotatable bonds is 10. The quantitative estimate of drug-likeness (QED) is 0.493. The molecule has 3 aromatic carbocycles. The molecule has 0 aromatic heterocycles. The number of nitrogens with one attached hydrogen (secondary N) is 1. The van der Waals surface area contributed by atoms with Gasteiger partial charge in [-0.25, -0.2) is 0 Å². The van der Waals surface area contributed by atoms with E-state index in [1.165, 1.54) is 11.1 Å².